The summed E-state index contributed by atoms with van der Waals surface area (Å²) in [6.45, 7) is 0. The van der Waals surface area contributed by atoms with Crippen molar-refractivity contribution in [3.63, 3.8) is 0 Å². The molecule has 0 atom stereocenters. The normalized spacial score (nSPS) is 10.2. The topological polar surface area (TPSA) is 88.7 Å². The molecule has 0 heterocycles. The van der Waals surface area contributed by atoms with Crippen LogP contribution in [0.4, 0.5) is 0 Å². The Morgan fingerprint density at radius 2 is 1.71 bits per heavy atom. The Kier molecular flexibility index (Phi) is 7.98. The summed E-state index contributed by atoms with van der Waals surface area (Å²) in [5, 5.41) is 2.43. The summed E-state index contributed by atoms with van der Waals surface area (Å²) in [6.07, 6.45) is 3.09. The van der Waals surface area contributed by atoms with Gasteiger partial charge in [-0.2, -0.15) is 0 Å². The molecule has 0 aliphatic rings. The number of methoxy groups -OCH3 is 2. The van der Waals surface area contributed by atoms with Crippen LogP contribution >= 0.6 is 12.2 Å². The summed E-state index contributed by atoms with van der Waals surface area (Å²) in [4.78, 5) is 23.9. The number of amides is 2. The average molecular weight is 399 g/mol. The fraction of sp³-hybridized carbons (Fsp3) is 0.150. The van der Waals surface area contributed by atoms with E-state index in [4.69, 9.17) is 21.7 Å². The van der Waals surface area contributed by atoms with Gasteiger partial charge in [0.1, 0.15) is 11.5 Å². The Labute approximate surface area is 168 Å². The standard InChI is InChI=1S/C20H21N3O4S/c1-26-16-10-7-14(8-11-16)13-19(25)22-23-20(28)21-18(24)12-9-15-5-3-4-6-17(15)27-2/h3-12H,13H2,1-2H3,(H,22,25)(H2,21,23,24,28)/b12-9+. The predicted molar refractivity (Wildman–Crippen MR) is 111 cm³/mol. The number of rotatable bonds is 6. The van der Waals surface area contributed by atoms with Gasteiger partial charge in [0.15, 0.2) is 5.11 Å². The van der Waals surface area contributed by atoms with Crippen molar-refractivity contribution in [3.05, 3.63) is 65.7 Å². The van der Waals surface area contributed by atoms with Gasteiger partial charge in [-0.05, 0) is 42.1 Å². The first-order valence-electron chi connectivity index (χ1n) is 8.35. The van der Waals surface area contributed by atoms with Crippen LogP contribution in [0, 0.1) is 0 Å². The van der Waals surface area contributed by atoms with E-state index in [0.29, 0.717) is 11.5 Å². The lowest BCUT2D eigenvalue weighted by atomic mass is 10.1. The fourth-order valence-electron chi connectivity index (χ4n) is 2.25. The molecule has 0 aromatic heterocycles. The van der Waals surface area contributed by atoms with Gasteiger partial charge in [-0.3, -0.25) is 25.8 Å². The first kappa shape index (κ1) is 20.9. The number of hydrogen-bond donors (Lipinski definition) is 3. The summed E-state index contributed by atoms with van der Waals surface area (Å²) >= 11 is 4.99. The fourth-order valence-corrected chi connectivity index (χ4v) is 2.41. The maximum absolute atomic E-state index is 11.9. The molecule has 0 bridgehead atoms. The number of hydrogen-bond acceptors (Lipinski definition) is 5. The van der Waals surface area contributed by atoms with Crippen molar-refractivity contribution >= 4 is 35.2 Å². The Morgan fingerprint density at radius 1 is 1.00 bits per heavy atom. The van der Waals surface area contributed by atoms with Crippen molar-refractivity contribution in [2.75, 3.05) is 14.2 Å². The molecule has 2 aromatic carbocycles. The molecule has 0 unspecified atom stereocenters. The van der Waals surface area contributed by atoms with Gasteiger partial charge in [0, 0.05) is 11.6 Å². The van der Waals surface area contributed by atoms with Gasteiger partial charge >= 0.3 is 0 Å². The monoisotopic (exact) mass is 399 g/mol. The molecule has 146 valence electrons. The Bertz CT molecular complexity index is 866. The quantitative estimate of drug-likeness (QED) is 0.391. The van der Waals surface area contributed by atoms with Crippen LogP contribution in [-0.4, -0.2) is 31.1 Å². The van der Waals surface area contributed by atoms with Crippen LogP contribution in [0.2, 0.25) is 0 Å². The summed E-state index contributed by atoms with van der Waals surface area (Å²) in [5.74, 6) is 0.629. The van der Waals surface area contributed by atoms with Gasteiger partial charge in [0.05, 0.1) is 20.6 Å². The maximum atomic E-state index is 11.9. The second-order valence-electron chi connectivity index (χ2n) is 5.59. The Hall–Kier alpha value is -3.39. The minimum absolute atomic E-state index is 0.0160. The minimum atomic E-state index is -0.437. The largest absolute Gasteiger partial charge is 0.497 e. The molecule has 0 saturated carbocycles. The molecule has 7 nitrogen and oxygen atoms in total. The van der Waals surface area contributed by atoms with Crippen LogP contribution in [0.1, 0.15) is 11.1 Å². The number of carbonyl (C=O) groups excluding carboxylic acids is 2. The van der Waals surface area contributed by atoms with E-state index in [0.717, 1.165) is 11.1 Å². The predicted octanol–water partition coefficient (Wildman–Crippen LogP) is 1.98. The van der Waals surface area contributed by atoms with E-state index in [2.05, 4.69) is 16.2 Å². The number of hydrazine groups is 1. The lowest BCUT2D eigenvalue weighted by Crippen LogP contribution is -2.48. The second kappa shape index (κ2) is 10.7. The summed E-state index contributed by atoms with van der Waals surface area (Å²) < 4.78 is 10.3. The van der Waals surface area contributed by atoms with Crippen LogP contribution in [0.25, 0.3) is 6.08 Å². The molecule has 0 spiro atoms. The number of para-hydroxylation sites is 1. The van der Waals surface area contributed by atoms with E-state index in [1.54, 1.807) is 50.6 Å². The molecule has 0 radical (unpaired) electrons. The maximum Gasteiger partial charge on any atom is 0.250 e. The van der Waals surface area contributed by atoms with Crippen molar-refractivity contribution in [1.82, 2.24) is 16.2 Å². The molecule has 0 saturated heterocycles. The smallest absolute Gasteiger partial charge is 0.250 e. The average Bonchev–Trinajstić information content (AvgIpc) is 2.71. The lowest BCUT2D eigenvalue weighted by Gasteiger charge is -2.10. The van der Waals surface area contributed by atoms with Crippen molar-refractivity contribution in [1.29, 1.82) is 0 Å². The zero-order valence-electron chi connectivity index (χ0n) is 15.5. The highest BCUT2D eigenvalue weighted by atomic mass is 32.1. The van der Waals surface area contributed by atoms with Gasteiger partial charge in [0.25, 0.3) is 0 Å². The molecule has 0 fully saturated rings. The third kappa shape index (κ3) is 6.73. The molecule has 3 N–H and O–H groups in total. The van der Waals surface area contributed by atoms with E-state index in [9.17, 15) is 9.59 Å². The summed E-state index contributed by atoms with van der Waals surface area (Å²) in [6, 6.07) is 14.4. The highest BCUT2D eigenvalue weighted by molar-refractivity contribution is 7.80. The Balaban J connectivity index is 1.77. The number of thiocarbonyl (C=S) groups is 1. The van der Waals surface area contributed by atoms with Gasteiger partial charge < -0.3 is 9.47 Å². The van der Waals surface area contributed by atoms with E-state index < -0.39 is 5.91 Å². The molecule has 8 heteroatoms. The van der Waals surface area contributed by atoms with Crippen molar-refractivity contribution in [3.8, 4) is 11.5 Å². The highest BCUT2D eigenvalue weighted by Gasteiger charge is 2.06. The van der Waals surface area contributed by atoms with Crippen molar-refractivity contribution < 1.29 is 19.1 Å². The van der Waals surface area contributed by atoms with Crippen LogP contribution in [-0.2, 0) is 16.0 Å². The minimum Gasteiger partial charge on any atom is -0.497 e. The third-order valence-electron chi connectivity index (χ3n) is 3.63. The molecule has 28 heavy (non-hydrogen) atoms. The van der Waals surface area contributed by atoms with Crippen LogP contribution in [0.5, 0.6) is 11.5 Å². The SMILES string of the molecule is COc1ccc(CC(=O)NNC(=S)NC(=O)/C=C/c2ccccc2OC)cc1. The number of carbonyl (C=O) groups is 2. The van der Waals surface area contributed by atoms with Crippen LogP contribution in [0.15, 0.2) is 54.6 Å². The van der Waals surface area contributed by atoms with Gasteiger partial charge in [-0.1, -0.05) is 30.3 Å². The van der Waals surface area contributed by atoms with Gasteiger partial charge in [0.2, 0.25) is 11.8 Å². The molecular weight excluding hydrogens is 378 g/mol. The molecular formula is C20H21N3O4S. The van der Waals surface area contributed by atoms with E-state index in [1.165, 1.54) is 6.08 Å². The van der Waals surface area contributed by atoms with E-state index in [1.807, 2.05) is 18.2 Å². The van der Waals surface area contributed by atoms with Crippen LogP contribution in [0.3, 0.4) is 0 Å². The number of ether oxygens (including phenoxy) is 2. The van der Waals surface area contributed by atoms with Gasteiger partial charge in [-0.15, -0.1) is 0 Å². The zero-order valence-corrected chi connectivity index (χ0v) is 16.3. The van der Waals surface area contributed by atoms with Crippen molar-refractivity contribution in [2.45, 2.75) is 6.42 Å². The summed E-state index contributed by atoms with van der Waals surface area (Å²) in [7, 11) is 3.13. The molecule has 2 rings (SSSR count). The number of benzene rings is 2. The zero-order chi connectivity index (χ0) is 20.4. The summed E-state index contributed by atoms with van der Waals surface area (Å²) in [5.41, 5.74) is 6.50. The molecule has 2 aromatic rings. The molecule has 0 aliphatic carbocycles. The Morgan fingerprint density at radius 3 is 2.39 bits per heavy atom. The van der Waals surface area contributed by atoms with E-state index >= 15 is 0 Å². The molecule has 2 amide bonds. The number of nitrogens with one attached hydrogen (secondary N) is 3. The first-order valence-corrected chi connectivity index (χ1v) is 8.76. The first-order chi connectivity index (χ1) is 13.5. The second-order valence-corrected chi connectivity index (χ2v) is 6.00. The van der Waals surface area contributed by atoms with Crippen molar-refractivity contribution in [2.24, 2.45) is 0 Å². The van der Waals surface area contributed by atoms with Crippen LogP contribution < -0.4 is 25.6 Å². The highest BCUT2D eigenvalue weighted by Crippen LogP contribution is 2.18. The third-order valence-corrected chi connectivity index (χ3v) is 3.83. The van der Waals surface area contributed by atoms with E-state index in [-0.39, 0.29) is 17.4 Å². The van der Waals surface area contributed by atoms with Gasteiger partial charge in [-0.25, -0.2) is 0 Å². The lowest BCUT2D eigenvalue weighted by molar-refractivity contribution is -0.121. The molecule has 0 aliphatic heterocycles.